The lowest BCUT2D eigenvalue weighted by molar-refractivity contribution is 0.159. The Labute approximate surface area is 210 Å². The zero-order chi connectivity index (χ0) is 25.1. The second kappa shape index (κ2) is 9.95. The van der Waals surface area contributed by atoms with Gasteiger partial charge in [0.2, 0.25) is 11.8 Å². The van der Waals surface area contributed by atoms with Crippen LogP contribution in [-0.4, -0.2) is 31.0 Å². The maximum Gasteiger partial charge on any atom is 0.242 e. The molecule has 1 atom stereocenters. The predicted octanol–water partition coefficient (Wildman–Crippen LogP) is 5.86. The van der Waals surface area contributed by atoms with Gasteiger partial charge < -0.3 is 18.8 Å². The summed E-state index contributed by atoms with van der Waals surface area (Å²) in [6, 6.07) is 21.4. The van der Waals surface area contributed by atoms with E-state index < -0.39 is 5.54 Å². The first-order chi connectivity index (χ1) is 17.5. The molecule has 2 heterocycles. The van der Waals surface area contributed by atoms with Crippen LogP contribution in [0, 0.1) is 5.82 Å². The summed E-state index contributed by atoms with van der Waals surface area (Å²) in [4.78, 5) is 2.35. The Morgan fingerprint density at radius 1 is 1.00 bits per heavy atom. The Kier molecular flexibility index (Phi) is 6.57. The minimum atomic E-state index is -0.457. The number of benzene rings is 3. The van der Waals surface area contributed by atoms with E-state index in [1.165, 1.54) is 23.3 Å². The van der Waals surface area contributed by atoms with Gasteiger partial charge in [-0.1, -0.05) is 30.3 Å². The van der Waals surface area contributed by atoms with Crippen molar-refractivity contribution >= 4 is 17.8 Å². The molecular weight excluding hydrogens is 457 g/mol. The molecule has 1 aliphatic rings. The lowest BCUT2D eigenvalue weighted by Gasteiger charge is -2.48. The normalized spacial score (nSPS) is 17.4. The fraction of sp³-hybridized carbons (Fsp3) is 0.241. The number of hydrogen-bond donors (Lipinski definition) is 0. The molecule has 5 rings (SSSR count). The molecule has 1 unspecified atom stereocenters. The molecule has 0 N–H and O–H groups in total. The number of anilines is 1. The minimum Gasteiger partial charge on any atom is -0.497 e. The SMILES string of the molecule is COCc1nnc(C=Cc2ccc(C3(C)c4ccc(OC)cc4CCN3c3ccc(F)cc3)cc2)o1. The second-order valence-electron chi connectivity index (χ2n) is 8.90. The largest absolute Gasteiger partial charge is 0.497 e. The van der Waals surface area contributed by atoms with Crippen molar-refractivity contribution in [1.82, 2.24) is 10.2 Å². The van der Waals surface area contributed by atoms with E-state index in [2.05, 4.69) is 58.4 Å². The fourth-order valence-corrected chi connectivity index (χ4v) is 4.90. The molecule has 0 amide bonds. The molecule has 0 saturated carbocycles. The standard InChI is InChI=1S/C29H28FN3O3/c1-29(22-7-4-20(5-8-22)6-15-27-31-32-28(36-27)19-34-2)26-14-13-25(35-3)18-21(26)16-17-33(29)24-11-9-23(30)10-12-24/h4-15,18H,16-17,19H2,1-3H3. The highest BCUT2D eigenvalue weighted by molar-refractivity contribution is 5.67. The highest BCUT2D eigenvalue weighted by Gasteiger charge is 2.40. The van der Waals surface area contributed by atoms with Crippen LogP contribution >= 0.6 is 0 Å². The summed E-state index contributed by atoms with van der Waals surface area (Å²) < 4.78 is 29.7. The number of nitrogens with zero attached hydrogens (tertiary/aromatic N) is 3. The van der Waals surface area contributed by atoms with Crippen LogP contribution in [0.3, 0.4) is 0 Å². The minimum absolute atomic E-state index is 0.241. The van der Waals surface area contributed by atoms with Crippen LogP contribution in [0.15, 0.2) is 71.1 Å². The molecule has 36 heavy (non-hydrogen) atoms. The van der Waals surface area contributed by atoms with Crippen molar-refractivity contribution in [3.8, 4) is 5.75 Å². The van der Waals surface area contributed by atoms with Crippen LogP contribution < -0.4 is 9.64 Å². The molecule has 0 fully saturated rings. The van der Waals surface area contributed by atoms with E-state index in [1.807, 2.05) is 24.3 Å². The molecule has 184 valence electrons. The highest BCUT2D eigenvalue weighted by atomic mass is 19.1. The van der Waals surface area contributed by atoms with E-state index in [0.29, 0.717) is 11.8 Å². The van der Waals surface area contributed by atoms with Gasteiger partial charge in [-0.2, -0.15) is 0 Å². The molecule has 1 aliphatic heterocycles. The molecule has 7 heteroatoms. The maximum absolute atomic E-state index is 13.7. The number of aromatic nitrogens is 2. The van der Waals surface area contributed by atoms with Crippen molar-refractivity contribution in [2.75, 3.05) is 25.7 Å². The summed E-state index contributed by atoms with van der Waals surface area (Å²) in [6.07, 6.45) is 4.60. The summed E-state index contributed by atoms with van der Waals surface area (Å²) in [5, 5.41) is 7.96. The van der Waals surface area contributed by atoms with Gasteiger partial charge in [-0.05, 0) is 78.1 Å². The Morgan fingerprint density at radius 2 is 1.78 bits per heavy atom. The molecule has 6 nitrogen and oxygen atoms in total. The molecule has 0 saturated heterocycles. The van der Waals surface area contributed by atoms with Crippen LogP contribution in [0.25, 0.3) is 12.2 Å². The van der Waals surface area contributed by atoms with E-state index in [4.69, 9.17) is 13.9 Å². The van der Waals surface area contributed by atoms with Crippen molar-refractivity contribution < 1.29 is 18.3 Å². The molecule has 4 aromatic rings. The van der Waals surface area contributed by atoms with E-state index in [0.717, 1.165) is 35.5 Å². The summed E-state index contributed by atoms with van der Waals surface area (Å²) in [6.45, 7) is 3.30. The van der Waals surface area contributed by atoms with Crippen LogP contribution in [0.2, 0.25) is 0 Å². The first kappa shape index (κ1) is 23.8. The van der Waals surface area contributed by atoms with Crippen molar-refractivity contribution in [3.63, 3.8) is 0 Å². The lowest BCUT2D eigenvalue weighted by Crippen LogP contribution is -2.49. The van der Waals surface area contributed by atoms with E-state index in [-0.39, 0.29) is 12.4 Å². The summed E-state index contributed by atoms with van der Waals surface area (Å²) in [7, 11) is 3.27. The van der Waals surface area contributed by atoms with Gasteiger partial charge in [-0.25, -0.2) is 4.39 Å². The number of halogens is 1. The first-order valence-corrected chi connectivity index (χ1v) is 11.8. The predicted molar refractivity (Wildman–Crippen MR) is 137 cm³/mol. The summed E-state index contributed by atoms with van der Waals surface area (Å²) >= 11 is 0. The topological polar surface area (TPSA) is 60.6 Å². The first-order valence-electron chi connectivity index (χ1n) is 11.8. The molecular formula is C29H28FN3O3. The quantitative estimate of drug-likeness (QED) is 0.327. The lowest BCUT2D eigenvalue weighted by atomic mass is 9.76. The zero-order valence-electron chi connectivity index (χ0n) is 20.6. The Morgan fingerprint density at radius 3 is 2.50 bits per heavy atom. The number of fused-ring (bicyclic) bond motifs is 1. The van der Waals surface area contributed by atoms with Gasteiger partial charge in [0.15, 0.2) is 0 Å². The van der Waals surface area contributed by atoms with E-state index in [9.17, 15) is 4.39 Å². The van der Waals surface area contributed by atoms with Crippen LogP contribution in [0.4, 0.5) is 10.1 Å². The number of hydrogen-bond acceptors (Lipinski definition) is 6. The van der Waals surface area contributed by atoms with E-state index >= 15 is 0 Å². The fourth-order valence-electron chi connectivity index (χ4n) is 4.90. The third-order valence-corrected chi connectivity index (χ3v) is 6.76. The van der Waals surface area contributed by atoms with Crippen LogP contribution in [-0.2, 0) is 23.3 Å². The van der Waals surface area contributed by atoms with Crippen LogP contribution in [0.5, 0.6) is 5.75 Å². The van der Waals surface area contributed by atoms with Gasteiger partial charge >= 0.3 is 0 Å². The number of methoxy groups -OCH3 is 2. The second-order valence-corrected chi connectivity index (χ2v) is 8.90. The molecule has 3 aromatic carbocycles. The Hall–Kier alpha value is -3.97. The van der Waals surface area contributed by atoms with Crippen molar-refractivity contribution in [2.24, 2.45) is 0 Å². The average molecular weight is 486 g/mol. The molecule has 0 spiro atoms. The third-order valence-electron chi connectivity index (χ3n) is 6.76. The van der Waals surface area contributed by atoms with Crippen molar-refractivity contribution in [1.29, 1.82) is 0 Å². The molecule has 0 aliphatic carbocycles. The van der Waals surface area contributed by atoms with Crippen LogP contribution in [0.1, 0.15) is 41.0 Å². The Bertz CT molecular complexity index is 1370. The zero-order valence-corrected chi connectivity index (χ0v) is 20.6. The summed E-state index contributed by atoms with van der Waals surface area (Å²) in [5.74, 6) is 1.47. The maximum atomic E-state index is 13.7. The Balaban J connectivity index is 1.50. The number of rotatable bonds is 7. The van der Waals surface area contributed by atoms with Gasteiger partial charge in [-0.15, -0.1) is 10.2 Å². The third kappa shape index (κ3) is 4.50. The van der Waals surface area contributed by atoms with Crippen molar-refractivity contribution in [3.05, 3.63) is 107 Å². The molecule has 0 radical (unpaired) electrons. The average Bonchev–Trinajstić information content (AvgIpc) is 3.36. The van der Waals surface area contributed by atoms with Gasteiger partial charge in [-0.3, -0.25) is 0 Å². The molecule has 1 aromatic heterocycles. The van der Waals surface area contributed by atoms with Gasteiger partial charge in [0.25, 0.3) is 0 Å². The highest BCUT2D eigenvalue weighted by Crippen LogP contribution is 2.44. The van der Waals surface area contributed by atoms with Crippen molar-refractivity contribution in [2.45, 2.75) is 25.5 Å². The monoisotopic (exact) mass is 485 g/mol. The van der Waals surface area contributed by atoms with Gasteiger partial charge in [0, 0.05) is 25.4 Å². The smallest absolute Gasteiger partial charge is 0.242 e. The number of ether oxygens (including phenoxy) is 2. The summed E-state index contributed by atoms with van der Waals surface area (Å²) in [5.41, 5.74) is 5.12. The van der Waals surface area contributed by atoms with Gasteiger partial charge in [0.1, 0.15) is 18.2 Å². The molecule has 0 bridgehead atoms. The van der Waals surface area contributed by atoms with Gasteiger partial charge in [0.05, 0.1) is 12.6 Å². The van der Waals surface area contributed by atoms with E-state index in [1.54, 1.807) is 20.3 Å².